The maximum Gasteiger partial charge on any atom is 0.125 e. The van der Waals surface area contributed by atoms with Gasteiger partial charge in [0.2, 0.25) is 0 Å². The van der Waals surface area contributed by atoms with E-state index in [2.05, 4.69) is 15.8 Å². The van der Waals surface area contributed by atoms with Gasteiger partial charge in [-0.15, -0.1) is 15.7 Å². The molecule has 0 amide bonds. The number of anilines is 1. The molecule has 4 nitrogen and oxygen atoms in total. The van der Waals surface area contributed by atoms with Crippen LogP contribution in [0.2, 0.25) is 0 Å². The molecule has 2 rings (SSSR count). The Kier molecular flexibility index (Phi) is 1.43. The van der Waals surface area contributed by atoms with Crippen LogP contribution in [0.3, 0.4) is 0 Å². The van der Waals surface area contributed by atoms with Gasteiger partial charge in [0.1, 0.15) is 16.2 Å². The van der Waals surface area contributed by atoms with Crippen LogP contribution in [0.4, 0.5) is 5.00 Å². The van der Waals surface area contributed by atoms with Crippen LogP contribution in [0.1, 0.15) is 0 Å². The second-order valence-electron chi connectivity index (χ2n) is 1.94. The summed E-state index contributed by atoms with van der Waals surface area (Å²) in [4.78, 5) is 0.366. The molecule has 0 spiro atoms. The summed E-state index contributed by atoms with van der Waals surface area (Å²) in [7, 11) is -2.94. The Balaban J connectivity index is 2.56. The molecular formula is C5H5N2O2S2. The molecule has 0 saturated carbocycles. The lowest BCUT2D eigenvalue weighted by atomic mass is 10.6. The van der Waals surface area contributed by atoms with E-state index >= 15 is 0 Å². The second kappa shape index (κ2) is 2.21. The van der Waals surface area contributed by atoms with Crippen LogP contribution >= 0.6 is 22.1 Å². The van der Waals surface area contributed by atoms with Gasteiger partial charge in [-0.3, -0.25) is 9.11 Å². The van der Waals surface area contributed by atoms with Crippen LogP contribution in [-0.4, -0.2) is 15.4 Å². The van der Waals surface area contributed by atoms with E-state index in [-0.39, 0.29) is 0 Å². The molecular weight excluding hydrogens is 184 g/mol. The Morgan fingerprint density at radius 2 is 2.45 bits per heavy atom. The van der Waals surface area contributed by atoms with Crippen molar-refractivity contribution in [1.82, 2.24) is 0 Å². The molecule has 1 aromatic heterocycles. The number of hydrogen-bond acceptors (Lipinski definition) is 5. The molecule has 0 aliphatic carbocycles. The Morgan fingerprint density at radius 3 is 3.18 bits per heavy atom. The van der Waals surface area contributed by atoms with Gasteiger partial charge in [-0.25, -0.2) is 0 Å². The molecule has 6 heteroatoms. The van der Waals surface area contributed by atoms with Crippen LogP contribution < -0.4 is 5.32 Å². The highest BCUT2D eigenvalue weighted by molar-refractivity contribution is 8.23. The van der Waals surface area contributed by atoms with Crippen molar-refractivity contribution in [3.8, 4) is 0 Å². The van der Waals surface area contributed by atoms with Crippen molar-refractivity contribution in [2.75, 3.05) is 5.32 Å². The highest BCUT2D eigenvalue weighted by Gasteiger charge is 2.22. The Bertz CT molecular complexity index is 307. The Morgan fingerprint density at radius 1 is 1.64 bits per heavy atom. The van der Waals surface area contributed by atoms with Crippen molar-refractivity contribution in [1.29, 1.82) is 0 Å². The third-order valence-corrected chi connectivity index (χ3v) is 3.43. The molecule has 0 unspecified atom stereocenters. The minimum absolute atomic E-state index is 0.366. The van der Waals surface area contributed by atoms with Crippen LogP contribution in [0.15, 0.2) is 14.7 Å². The van der Waals surface area contributed by atoms with Gasteiger partial charge in [0.05, 0.1) is 0 Å². The van der Waals surface area contributed by atoms with E-state index in [1.54, 1.807) is 5.38 Å². The lowest BCUT2D eigenvalue weighted by Crippen LogP contribution is -2.06. The fourth-order valence-corrected chi connectivity index (χ4v) is 2.74. The van der Waals surface area contributed by atoms with Gasteiger partial charge in [0.15, 0.2) is 0 Å². The van der Waals surface area contributed by atoms with Crippen LogP contribution in [0, 0.1) is 6.07 Å². The van der Waals surface area contributed by atoms with Gasteiger partial charge >= 0.3 is 0 Å². The topological polar surface area (TPSA) is 64.8 Å². The van der Waals surface area contributed by atoms with Crippen LogP contribution in [0.25, 0.3) is 0 Å². The monoisotopic (exact) mass is 189 g/mol. The number of rotatable bonds is 0. The van der Waals surface area contributed by atoms with Gasteiger partial charge in [0, 0.05) is 11.4 Å². The SMILES string of the molecule is OS1(O)N=CNc2sc[c]c21. The van der Waals surface area contributed by atoms with E-state index in [4.69, 9.17) is 0 Å². The van der Waals surface area contributed by atoms with E-state index in [9.17, 15) is 9.11 Å². The Labute approximate surface area is 69.1 Å². The number of thiophene rings is 1. The average Bonchev–Trinajstić information content (AvgIpc) is 2.34. The molecule has 0 atom stereocenters. The third-order valence-electron chi connectivity index (χ3n) is 1.24. The zero-order chi connectivity index (χ0) is 7.90. The fourth-order valence-electron chi connectivity index (χ4n) is 0.775. The third kappa shape index (κ3) is 1.04. The lowest BCUT2D eigenvalue weighted by molar-refractivity contribution is 0.489. The molecule has 0 fully saturated rings. The standard InChI is InChI=1S/C5H5N2O2S2/c8-11(9)4-1-2-10-5(4)6-3-7-11/h2-3,8-9H,(H,6,7). The minimum Gasteiger partial charge on any atom is -0.335 e. The molecule has 59 valence electrons. The van der Waals surface area contributed by atoms with Gasteiger partial charge in [-0.2, -0.15) is 0 Å². The first-order valence-corrected chi connectivity index (χ1v) is 5.16. The fraction of sp³-hybridized carbons (Fsp3) is 0. The van der Waals surface area contributed by atoms with Crippen molar-refractivity contribution in [3.63, 3.8) is 0 Å². The molecule has 3 N–H and O–H groups in total. The first-order valence-electron chi connectivity index (χ1n) is 2.78. The summed E-state index contributed by atoms with van der Waals surface area (Å²) in [6.07, 6.45) is 1.29. The summed E-state index contributed by atoms with van der Waals surface area (Å²) in [5.74, 6) is 0. The molecule has 1 aromatic rings. The summed E-state index contributed by atoms with van der Waals surface area (Å²) in [6, 6.07) is 2.73. The van der Waals surface area contributed by atoms with Crippen molar-refractivity contribution < 1.29 is 9.11 Å². The number of nitrogens with zero attached hydrogens (tertiary/aromatic N) is 1. The van der Waals surface area contributed by atoms with E-state index < -0.39 is 10.8 Å². The highest BCUT2D eigenvalue weighted by Crippen LogP contribution is 2.55. The van der Waals surface area contributed by atoms with Crippen LogP contribution in [-0.2, 0) is 0 Å². The molecule has 2 heterocycles. The molecule has 11 heavy (non-hydrogen) atoms. The summed E-state index contributed by atoms with van der Waals surface area (Å²) in [5.41, 5.74) is 0. The molecule has 0 saturated heterocycles. The quantitative estimate of drug-likeness (QED) is 0.585. The largest absolute Gasteiger partial charge is 0.335 e. The molecule has 0 aromatic carbocycles. The van der Waals surface area contributed by atoms with E-state index in [0.717, 1.165) is 0 Å². The maximum absolute atomic E-state index is 9.29. The summed E-state index contributed by atoms with van der Waals surface area (Å²) >= 11 is 1.37. The zero-order valence-corrected chi connectivity index (χ0v) is 6.95. The van der Waals surface area contributed by atoms with Crippen molar-refractivity contribution >= 4 is 33.5 Å². The van der Waals surface area contributed by atoms with Gasteiger partial charge in [-0.05, 0) is 0 Å². The van der Waals surface area contributed by atoms with Gasteiger partial charge in [-0.1, -0.05) is 10.8 Å². The molecule has 1 aliphatic rings. The molecule has 1 aliphatic heterocycles. The van der Waals surface area contributed by atoms with Gasteiger partial charge in [0.25, 0.3) is 0 Å². The molecule has 1 radical (unpaired) electrons. The predicted octanol–water partition coefficient (Wildman–Crippen LogP) is 2.03. The van der Waals surface area contributed by atoms with Gasteiger partial charge < -0.3 is 5.32 Å². The average molecular weight is 189 g/mol. The normalized spacial score (nSPS) is 22.0. The predicted molar refractivity (Wildman–Crippen MR) is 46.4 cm³/mol. The maximum atomic E-state index is 9.29. The number of nitrogens with one attached hydrogen (secondary N) is 1. The summed E-state index contributed by atoms with van der Waals surface area (Å²) in [5, 5.41) is 5.17. The van der Waals surface area contributed by atoms with Crippen LogP contribution in [0.5, 0.6) is 0 Å². The van der Waals surface area contributed by atoms with E-state index in [1.807, 2.05) is 0 Å². The Hall–Kier alpha value is -0.560. The number of fused-ring (bicyclic) bond motifs is 1. The highest BCUT2D eigenvalue weighted by atomic mass is 32.3. The van der Waals surface area contributed by atoms with E-state index in [0.29, 0.717) is 9.90 Å². The summed E-state index contributed by atoms with van der Waals surface area (Å²) < 4.78 is 22.1. The minimum atomic E-state index is -2.94. The smallest absolute Gasteiger partial charge is 0.125 e. The second-order valence-corrected chi connectivity index (χ2v) is 4.47. The van der Waals surface area contributed by atoms with Crippen molar-refractivity contribution in [3.05, 3.63) is 11.4 Å². The number of hydrogen-bond donors (Lipinski definition) is 3. The first-order chi connectivity index (χ1) is 5.20. The lowest BCUT2D eigenvalue weighted by Gasteiger charge is -2.28. The summed E-state index contributed by atoms with van der Waals surface area (Å²) in [6.45, 7) is 0. The van der Waals surface area contributed by atoms with E-state index in [1.165, 1.54) is 17.7 Å². The van der Waals surface area contributed by atoms with Crippen molar-refractivity contribution in [2.24, 2.45) is 4.40 Å². The zero-order valence-electron chi connectivity index (χ0n) is 5.31. The molecule has 0 bridgehead atoms. The first kappa shape index (κ1) is 7.11. The van der Waals surface area contributed by atoms with Crippen molar-refractivity contribution in [2.45, 2.75) is 4.90 Å².